The fourth-order valence-electron chi connectivity index (χ4n) is 5.83. The summed E-state index contributed by atoms with van der Waals surface area (Å²) in [6, 6.07) is 8.78. The summed E-state index contributed by atoms with van der Waals surface area (Å²) in [6.45, 7) is 11.7. The Morgan fingerprint density at radius 2 is 1.45 bits per heavy atom. The van der Waals surface area contributed by atoms with Crippen LogP contribution >= 0.6 is 0 Å². The van der Waals surface area contributed by atoms with E-state index in [2.05, 4.69) is 66.8 Å². The molecule has 1 aromatic carbocycles. The third-order valence-corrected chi connectivity index (χ3v) is 7.88. The third kappa shape index (κ3) is 7.48. The number of aliphatic carboxylic acids is 1. The van der Waals surface area contributed by atoms with Crippen LogP contribution in [0.2, 0.25) is 0 Å². The van der Waals surface area contributed by atoms with Crippen LogP contribution in [0.3, 0.4) is 0 Å². The molecule has 2 fully saturated rings. The van der Waals surface area contributed by atoms with E-state index in [4.69, 9.17) is 9.90 Å². The molecule has 4 rings (SSSR count). The van der Waals surface area contributed by atoms with E-state index in [-0.39, 0.29) is 16.7 Å². The number of carbonyl (C=O) groups excluding carboxylic acids is 2. The standard InChI is InChI=1S/C26H39N3O2.C2HF3O2/c1-25(2,3)19-24(31)28-11-9-26(10-12-28)18-20(21-7-5-6-8-22(21)26)17-23(30)29-15-13-27(4)14-16-29;3-2(4,5)1(6)7/h5-8,20H,9-19H2,1-4H3;(H,6,7). The van der Waals surface area contributed by atoms with Crippen molar-refractivity contribution in [2.75, 3.05) is 46.3 Å². The van der Waals surface area contributed by atoms with Gasteiger partial charge in [0, 0.05) is 52.1 Å². The smallest absolute Gasteiger partial charge is 0.475 e. The SMILES string of the molecule is CN1CCN(C(=O)CC2CC3(CCN(C(=O)CC(C)(C)C)CC3)c3ccccc32)CC1.O=C(O)C(F)(F)F. The second-order valence-corrected chi connectivity index (χ2v) is 12.1. The minimum atomic E-state index is -5.08. The van der Waals surface area contributed by atoms with Gasteiger partial charge in [0.05, 0.1) is 0 Å². The second-order valence-electron chi connectivity index (χ2n) is 12.1. The molecule has 7 nitrogen and oxygen atoms in total. The monoisotopic (exact) mass is 539 g/mol. The molecule has 212 valence electrons. The Labute approximate surface area is 223 Å². The Bertz CT molecular complexity index is 1010. The Hall–Kier alpha value is -2.62. The molecule has 1 N–H and O–H groups in total. The van der Waals surface area contributed by atoms with Crippen molar-refractivity contribution in [1.82, 2.24) is 14.7 Å². The molecular formula is C28H40F3N3O4. The highest BCUT2D eigenvalue weighted by Gasteiger charge is 2.46. The van der Waals surface area contributed by atoms with Gasteiger partial charge >= 0.3 is 12.1 Å². The highest BCUT2D eigenvalue weighted by molar-refractivity contribution is 5.78. The lowest BCUT2D eigenvalue weighted by atomic mass is 9.73. The van der Waals surface area contributed by atoms with E-state index in [9.17, 15) is 22.8 Å². The summed E-state index contributed by atoms with van der Waals surface area (Å²) in [6.07, 6.45) is -0.779. The largest absolute Gasteiger partial charge is 0.490 e. The molecule has 1 aromatic rings. The number of alkyl halides is 3. The number of amides is 2. The van der Waals surface area contributed by atoms with Gasteiger partial charge in [-0.05, 0) is 54.2 Å². The first-order chi connectivity index (χ1) is 17.6. The normalized spacial score (nSPS) is 21.5. The molecule has 0 radical (unpaired) electrons. The summed E-state index contributed by atoms with van der Waals surface area (Å²) in [5, 5.41) is 7.12. The van der Waals surface area contributed by atoms with Crippen LogP contribution in [0.15, 0.2) is 24.3 Å². The molecule has 0 aromatic heterocycles. The van der Waals surface area contributed by atoms with E-state index in [0.29, 0.717) is 24.7 Å². The summed E-state index contributed by atoms with van der Waals surface area (Å²) in [5.41, 5.74) is 2.97. The summed E-state index contributed by atoms with van der Waals surface area (Å²) >= 11 is 0. The zero-order valence-corrected chi connectivity index (χ0v) is 22.8. The van der Waals surface area contributed by atoms with E-state index < -0.39 is 12.1 Å². The molecule has 2 aliphatic heterocycles. The first-order valence-electron chi connectivity index (χ1n) is 13.2. The van der Waals surface area contributed by atoms with Crippen LogP contribution in [0.25, 0.3) is 0 Å². The molecule has 2 amide bonds. The number of likely N-dealkylation sites (tertiary alicyclic amines) is 1. The van der Waals surface area contributed by atoms with Crippen molar-refractivity contribution < 1.29 is 32.7 Å². The summed E-state index contributed by atoms with van der Waals surface area (Å²) in [5.74, 6) is -1.86. The summed E-state index contributed by atoms with van der Waals surface area (Å²) < 4.78 is 31.7. The van der Waals surface area contributed by atoms with Gasteiger partial charge in [0.2, 0.25) is 11.8 Å². The lowest BCUT2D eigenvalue weighted by Gasteiger charge is -2.41. The van der Waals surface area contributed by atoms with Crippen LogP contribution in [-0.2, 0) is 19.8 Å². The van der Waals surface area contributed by atoms with Crippen molar-refractivity contribution in [2.45, 2.75) is 70.4 Å². The number of nitrogens with zero attached hydrogens (tertiary/aromatic N) is 3. The average Bonchev–Trinajstić information content (AvgIpc) is 3.11. The van der Waals surface area contributed by atoms with Crippen molar-refractivity contribution >= 4 is 17.8 Å². The summed E-state index contributed by atoms with van der Waals surface area (Å²) in [7, 11) is 2.12. The van der Waals surface area contributed by atoms with Gasteiger partial charge in [0.1, 0.15) is 0 Å². The quantitative estimate of drug-likeness (QED) is 0.621. The van der Waals surface area contributed by atoms with Crippen molar-refractivity contribution in [3.05, 3.63) is 35.4 Å². The maximum Gasteiger partial charge on any atom is 0.490 e. The molecule has 2 heterocycles. The Balaban J connectivity index is 0.000000505. The van der Waals surface area contributed by atoms with Gasteiger partial charge < -0.3 is 19.8 Å². The lowest BCUT2D eigenvalue weighted by molar-refractivity contribution is -0.192. The Morgan fingerprint density at radius 3 is 1.97 bits per heavy atom. The van der Waals surface area contributed by atoms with Crippen LogP contribution in [0.4, 0.5) is 13.2 Å². The molecule has 0 saturated carbocycles. The number of carboxylic acid groups (broad SMARTS) is 1. The average molecular weight is 540 g/mol. The van der Waals surface area contributed by atoms with Gasteiger partial charge in [-0.25, -0.2) is 4.79 Å². The van der Waals surface area contributed by atoms with Gasteiger partial charge in [-0.2, -0.15) is 13.2 Å². The molecule has 1 aliphatic carbocycles. The number of rotatable bonds is 3. The number of piperazine rings is 1. The van der Waals surface area contributed by atoms with Gasteiger partial charge in [-0.3, -0.25) is 9.59 Å². The van der Waals surface area contributed by atoms with E-state index in [1.165, 1.54) is 11.1 Å². The molecule has 2 saturated heterocycles. The number of halogens is 3. The van der Waals surface area contributed by atoms with Crippen molar-refractivity contribution in [3.63, 3.8) is 0 Å². The molecule has 38 heavy (non-hydrogen) atoms. The minimum Gasteiger partial charge on any atom is -0.475 e. The maximum absolute atomic E-state index is 13.1. The fraction of sp³-hybridized carbons (Fsp3) is 0.679. The second kappa shape index (κ2) is 11.6. The lowest BCUT2D eigenvalue weighted by Crippen LogP contribution is -2.47. The van der Waals surface area contributed by atoms with Crippen LogP contribution in [0.5, 0.6) is 0 Å². The predicted molar refractivity (Wildman–Crippen MR) is 138 cm³/mol. The van der Waals surface area contributed by atoms with Crippen LogP contribution in [0.1, 0.15) is 69.9 Å². The van der Waals surface area contributed by atoms with Gasteiger partial charge in [0.25, 0.3) is 0 Å². The number of piperidine rings is 1. The molecule has 1 unspecified atom stereocenters. The minimum absolute atomic E-state index is 0.0287. The van der Waals surface area contributed by atoms with Crippen LogP contribution < -0.4 is 0 Å². The zero-order chi connectivity index (χ0) is 28.3. The fourth-order valence-corrected chi connectivity index (χ4v) is 5.83. The predicted octanol–water partition coefficient (Wildman–Crippen LogP) is 4.27. The number of hydrogen-bond acceptors (Lipinski definition) is 4. The molecule has 1 atom stereocenters. The summed E-state index contributed by atoms with van der Waals surface area (Å²) in [4.78, 5) is 41.1. The molecule has 10 heteroatoms. The van der Waals surface area contributed by atoms with Crippen LogP contribution in [-0.4, -0.2) is 90.1 Å². The topological polar surface area (TPSA) is 81.2 Å². The first kappa shape index (κ1) is 29.9. The van der Waals surface area contributed by atoms with E-state index in [1.807, 2.05) is 0 Å². The van der Waals surface area contributed by atoms with Gasteiger partial charge in [-0.1, -0.05) is 45.0 Å². The number of likely N-dealkylation sites (N-methyl/N-ethyl adjacent to an activating group) is 1. The van der Waals surface area contributed by atoms with E-state index in [0.717, 1.165) is 58.5 Å². The molecule has 0 bridgehead atoms. The first-order valence-corrected chi connectivity index (χ1v) is 13.2. The highest BCUT2D eigenvalue weighted by atomic mass is 19.4. The van der Waals surface area contributed by atoms with Crippen molar-refractivity contribution in [2.24, 2.45) is 5.41 Å². The molecule has 3 aliphatic rings. The van der Waals surface area contributed by atoms with Crippen molar-refractivity contribution in [1.29, 1.82) is 0 Å². The number of hydrogen-bond donors (Lipinski definition) is 1. The third-order valence-electron chi connectivity index (χ3n) is 7.88. The zero-order valence-electron chi connectivity index (χ0n) is 22.8. The molecular weight excluding hydrogens is 499 g/mol. The van der Waals surface area contributed by atoms with Crippen LogP contribution in [0, 0.1) is 5.41 Å². The van der Waals surface area contributed by atoms with E-state index in [1.54, 1.807) is 0 Å². The highest BCUT2D eigenvalue weighted by Crippen LogP contribution is 2.52. The number of benzene rings is 1. The number of carboxylic acids is 1. The molecule has 1 spiro atoms. The Kier molecular flexibility index (Phi) is 9.16. The Morgan fingerprint density at radius 1 is 0.921 bits per heavy atom. The van der Waals surface area contributed by atoms with Gasteiger partial charge in [-0.15, -0.1) is 0 Å². The van der Waals surface area contributed by atoms with Crippen molar-refractivity contribution in [3.8, 4) is 0 Å². The number of fused-ring (bicyclic) bond motifs is 2. The van der Waals surface area contributed by atoms with Gasteiger partial charge in [0.15, 0.2) is 0 Å². The number of carbonyl (C=O) groups is 3. The maximum atomic E-state index is 13.1. The van der Waals surface area contributed by atoms with E-state index >= 15 is 0 Å².